The van der Waals surface area contributed by atoms with Gasteiger partial charge in [0.05, 0.1) is 7.11 Å². The third-order valence-electron chi connectivity index (χ3n) is 2.86. The van der Waals surface area contributed by atoms with Crippen LogP contribution in [0, 0.1) is 5.82 Å². The van der Waals surface area contributed by atoms with Crippen molar-refractivity contribution in [1.29, 1.82) is 0 Å². The van der Waals surface area contributed by atoms with E-state index in [-0.39, 0.29) is 10.6 Å². The zero-order valence-corrected chi connectivity index (χ0v) is 13.5. The first-order chi connectivity index (χ1) is 9.10. The molecule has 0 N–H and O–H groups in total. The van der Waals surface area contributed by atoms with Crippen LogP contribution in [0.25, 0.3) is 0 Å². The van der Waals surface area contributed by atoms with Gasteiger partial charge < -0.3 is 4.74 Å². The summed E-state index contributed by atoms with van der Waals surface area (Å²) in [4.78, 5) is 0.116. The Morgan fingerprint density at radius 1 is 1.16 bits per heavy atom. The maximum Gasteiger partial charge on any atom is 0.123 e. The van der Waals surface area contributed by atoms with E-state index in [2.05, 4.69) is 31.9 Å². The van der Waals surface area contributed by atoms with Gasteiger partial charge in [0.2, 0.25) is 0 Å². The summed E-state index contributed by atoms with van der Waals surface area (Å²) in [7, 11) is 1.66. The zero-order valence-electron chi connectivity index (χ0n) is 10.4. The molecule has 0 heterocycles. The smallest absolute Gasteiger partial charge is 0.123 e. The van der Waals surface area contributed by atoms with Crippen molar-refractivity contribution in [3.8, 4) is 5.75 Å². The van der Waals surface area contributed by atoms with Gasteiger partial charge in [0, 0.05) is 14.9 Å². The van der Waals surface area contributed by atoms with Crippen LogP contribution in [0.5, 0.6) is 5.75 Å². The molecule has 2 rings (SSSR count). The molecule has 0 amide bonds. The molecule has 19 heavy (non-hydrogen) atoms. The fraction of sp³-hybridized carbons (Fsp3) is 0.200. The van der Waals surface area contributed by atoms with Gasteiger partial charge in [-0.05, 0) is 42.3 Å². The summed E-state index contributed by atoms with van der Waals surface area (Å²) in [6.45, 7) is 0. The van der Waals surface area contributed by atoms with Crippen molar-refractivity contribution in [3.05, 3.63) is 63.9 Å². The van der Waals surface area contributed by atoms with Gasteiger partial charge in [-0.2, -0.15) is 0 Å². The lowest BCUT2D eigenvalue weighted by Gasteiger charge is -2.15. The van der Waals surface area contributed by atoms with E-state index >= 15 is 0 Å². The Labute approximate surface area is 129 Å². The van der Waals surface area contributed by atoms with Crippen LogP contribution in [-0.4, -0.2) is 7.11 Å². The molecule has 0 bridgehead atoms. The number of benzene rings is 2. The monoisotopic (exact) mass is 386 g/mol. The third kappa shape index (κ3) is 3.80. The molecule has 1 nitrogen and oxygen atoms in total. The average molecular weight is 388 g/mol. The molecule has 100 valence electrons. The number of halogens is 3. The predicted molar refractivity (Wildman–Crippen MR) is 82.5 cm³/mol. The highest BCUT2D eigenvalue weighted by Gasteiger charge is 2.14. The maximum absolute atomic E-state index is 12.9. The molecule has 4 heteroatoms. The Kier molecular flexibility index (Phi) is 4.99. The maximum atomic E-state index is 12.9. The summed E-state index contributed by atoms with van der Waals surface area (Å²) in [5.41, 5.74) is 2.14. The number of hydrogen-bond acceptors (Lipinski definition) is 1. The highest BCUT2D eigenvalue weighted by Crippen LogP contribution is 2.35. The topological polar surface area (TPSA) is 9.23 Å². The molecule has 0 aliphatic rings. The molecular weight excluding hydrogens is 375 g/mol. The standard InChI is InChI=1S/C15H13Br2FO/c1-19-15-7-4-11(16)9-13(15)14(17)8-10-2-5-12(18)6-3-10/h2-7,9,14H,8H2,1H3. The summed E-state index contributed by atoms with van der Waals surface area (Å²) in [6.07, 6.45) is 0.771. The fourth-order valence-electron chi connectivity index (χ4n) is 1.89. The minimum atomic E-state index is -0.213. The summed E-state index contributed by atoms with van der Waals surface area (Å²) in [5, 5.41) is 0. The molecule has 1 atom stereocenters. The van der Waals surface area contributed by atoms with Gasteiger partial charge in [0.25, 0.3) is 0 Å². The Morgan fingerprint density at radius 2 is 1.84 bits per heavy atom. The van der Waals surface area contributed by atoms with Crippen molar-refractivity contribution in [2.45, 2.75) is 11.2 Å². The van der Waals surface area contributed by atoms with E-state index in [1.165, 1.54) is 12.1 Å². The Hall–Kier alpha value is -0.870. The third-order valence-corrected chi connectivity index (χ3v) is 4.17. The fourth-order valence-corrected chi connectivity index (χ4v) is 3.00. The van der Waals surface area contributed by atoms with Crippen LogP contribution in [0.1, 0.15) is 16.0 Å². The van der Waals surface area contributed by atoms with Crippen LogP contribution in [0.4, 0.5) is 4.39 Å². The first-order valence-corrected chi connectivity index (χ1v) is 7.53. The van der Waals surface area contributed by atoms with Gasteiger partial charge in [-0.25, -0.2) is 4.39 Å². The van der Waals surface area contributed by atoms with Crippen molar-refractivity contribution in [2.24, 2.45) is 0 Å². The van der Waals surface area contributed by atoms with E-state index in [9.17, 15) is 4.39 Å². The predicted octanol–water partition coefficient (Wildman–Crippen LogP) is 5.28. The molecule has 0 saturated heterocycles. The number of ether oxygens (including phenoxy) is 1. The van der Waals surface area contributed by atoms with E-state index < -0.39 is 0 Å². The number of hydrogen-bond donors (Lipinski definition) is 0. The minimum absolute atomic E-state index is 0.116. The number of methoxy groups -OCH3 is 1. The molecule has 0 spiro atoms. The van der Waals surface area contributed by atoms with Crippen LogP contribution in [0.15, 0.2) is 46.9 Å². The normalized spacial score (nSPS) is 12.2. The highest BCUT2D eigenvalue weighted by molar-refractivity contribution is 9.10. The van der Waals surface area contributed by atoms with Crippen molar-refractivity contribution in [3.63, 3.8) is 0 Å². The van der Waals surface area contributed by atoms with Crippen LogP contribution in [-0.2, 0) is 6.42 Å². The van der Waals surface area contributed by atoms with Gasteiger partial charge in [0.1, 0.15) is 11.6 Å². The Morgan fingerprint density at radius 3 is 2.47 bits per heavy atom. The molecular formula is C15H13Br2FO. The zero-order chi connectivity index (χ0) is 13.8. The Balaban J connectivity index is 2.21. The molecule has 2 aromatic carbocycles. The quantitative estimate of drug-likeness (QED) is 0.649. The van der Waals surface area contributed by atoms with Gasteiger partial charge >= 0.3 is 0 Å². The van der Waals surface area contributed by atoms with Gasteiger partial charge in [-0.15, -0.1) is 0 Å². The van der Waals surface area contributed by atoms with Crippen LogP contribution >= 0.6 is 31.9 Å². The molecule has 0 saturated carbocycles. The van der Waals surface area contributed by atoms with E-state index in [1.807, 2.05) is 18.2 Å². The average Bonchev–Trinajstić information content (AvgIpc) is 2.41. The van der Waals surface area contributed by atoms with Crippen molar-refractivity contribution < 1.29 is 9.13 Å². The summed E-state index contributed by atoms with van der Waals surface area (Å²) in [5.74, 6) is 0.627. The van der Waals surface area contributed by atoms with Gasteiger partial charge in [-0.1, -0.05) is 44.0 Å². The van der Waals surface area contributed by atoms with Gasteiger partial charge in [0.15, 0.2) is 0 Å². The highest BCUT2D eigenvalue weighted by atomic mass is 79.9. The Bertz CT molecular complexity index is 555. The second kappa shape index (κ2) is 6.53. The van der Waals surface area contributed by atoms with Crippen LogP contribution < -0.4 is 4.74 Å². The summed E-state index contributed by atoms with van der Waals surface area (Å²) < 4.78 is 19.3. The first-order valence-electron chi connectivity index (χ1n) is 5.82. The van der Waals surface area contributed by atoms with Crippen molar-refractivity contribution in [1.82, 2.24) is 0 Å². The second-order valence-corrected chi connectivity index (χ2v) is 6.21. The van der Waals surface area contributed by atoms with Crippen LogP contribution in [0.3, 0.4) is 0 Å². The van der Waals surface area contributed by atoms with Crippen molar-refractivity contribution >= 4 is 31.9 Å². The van der Waals surface area contributed by atoms with E-state index in [1.54, 1.807) is 19.2 Å². The molecule has 0 aliphatic carbocycles. The van der Waals surface area contributed by atoms with Crippen molar-refractivity contribution in [2.75, 3.05) is 7.11 Å². The molecule has 0 fully saturated rings. The first kappa shape index (κ1) is 14.5. The lowest BCUT2D eigenvalue weighted by Crippen LogP contribution is -1.99. The lowest BCUT2D eigenvalue weighted by atomic mass is 10.0. The number of alkyl halides is 1. The number of rotatable bonds is 4. The molecule has 2 aromatic rings. The van der Waals surface area contributed by atoms with Gasteiger partial charge in [-0.3, -0.25) is 0 Å². The molecule has 1 unspecified atom stereocenters. The largest absolute Gasteiger partial charge is 0.496 e. The summed E-state index contributed by atoms with van der Waals surface area (Å²) in [6, 6.07) is 12.5. The van der Waals surface area contributed by atoms with E-state index in [4.69, 9.17) is 4.74 Å². The minimum Gasteiger partial charge on any atom is -0.496 e. The molecule has 0 radical (unpaired) electrons. The van der Waals surface area contributed by atoms with E-state index in [0.29, 0.717) is 0 Å². The SMILES string of the molecule is COc1ccc(Br)cc1C(Br)Cc1ccc(F)cc1. The molecule has 0 aliphatic heterocycles. The summed E-state index contributed by atoms with van der Waals surface area (Å²) >= 11 is 7.14. The van der Waals surface area contributed by atoms with Crippen LogP contribution in [0.2, 0.25) is 0 Å². The molecule has 0 aromatic heterocycles. The van der Waals surface area contributed by atoms with E-state index in [0.717, 1.165) is 27.8 Å². The second-order valence-electron chi connectivity index (χ2n) is 4.18. The lowest BCUT2D eigenvalue weighted by molar-refractivity contribution is 0.409.